The van der Waals surface area contributed by atoms with Crippen LogP contribution in [0.1, 0.15) is 37.7 Å². The van der Waals surface area contributed by atoms with Gasteiger partial charge in [-0.15, -0.1) is 0 Å². The van der Waals surface area contributed by atoms with Crippen molar-refractivity contribution in [2.75, 3.05) is 11.9 Å². The lowest BCUT2D eigenvalue weighted by molar-refractivity contribution is -0.116. The van der Waals surface area contributed by atoms with E-state index in [1.165, 1.54) is 19.3 Å². The number of halogens is 1. The van der Waals surface area contributed by atoms with Crippen LogP contribution in [-0.2, 0) is 4.79 Å². The minimum Gasteiger partial charge on any atom is -0.325 e. The Morgan fingerprint density at radius 1 is 1.58 bits per heavy atom. The summed E-state index contributed by atoms with van der Waals surface area (Å²) in [5.74, 6) is 0.0656. The number of hydrogen-bond acceptors (Lipinski definition) is 3. The number of aromatic nitrogens is 1. The molecular formula is C14H20BrN3O. The van der Waals surface area contributed by atoms with Crippen LogP contribution in [0.15, 0.2) is 16.9 Å². The first-order chi connectivity index (χ1) is 9.15. The highest BCUT2D eigenvalue weighted by Gasteiger charge is 2.14. The van der Waals surface area contributed by atoms with Crippen LogP contribution in [0.4, 0.5) is 5.69 Å². The van der Waals surface area contributed by atoms with E-state index in [2.05, 4.69) is 31.5 Å². The lowest BCUT2D eigenvalue weighted by Gasteiger charge is -2.23. The van der Waals surface area contributed by atoms with Gasteiger partial charge in [0.25, 0.3) is 0 Å². The van der Waals surface area contributed by atoms with Crippen LogP contribution in [0.3, 0.4) is 0 Å². The molecule has 1 aliphatic rings. The van der Waals surface area contributed by atoms with Gasteiger partial charge in [0.05, 0.1) is 11.9 Å². The highest BCUT2D eigenvalue weighted by molar-refractivity contribution is 9.10. The highest BCUT2D eigenvalue weighted by Crippen LogP contribution is 2.17. The SMILES string of the molecule is Cc1cc(NC(=O)CCC2CCCCN2)cnc1Br. The molecule has 1 saturated heterocycles. The molecule has 2 N–H and O–H groups in total. The third kappa shape index (κ3) is 4.58. The van der Waals surface area contributed by atoms with Crippen LogP contribution in [-0.4, -0.2) is 23.5 Å². The fourth-order valence-electron chi connectivity index (χ4n) is 2.33. The molecule has 1 atom stereocenters. The maximum Gasteiger partial charge on any atom is 0.224 e. The molecule has 1 fully saturated rings. The maximum absolute atomic E-state index is 11.9. The molecular weight excluding hydrogens is 306 g/mol. The van der Waals surface area contributed by atoms with Gasteiger partial charge in [0.2, 0.25) is 5.91 Å². The first-order valence-corrected chi connectivity index (χ1v) is 7.60. The Hall–Kier alpha value is -0.940. The van der Waals surface area contributed by atoms with E-state index in [9.17, 15) is 4.79 Å². The number of nitrogens with one attached hydrogen (secondary N) is 2. The summed E-state index contributed by atoms with van der Waals surface area (Å²) in [4.78, 5) is 16.0. The molecule has 5 heteroatoms. The molecule has 19 heavy (non-hydrogen) atoms. The minimum absolute atomic E-state index is 0.0656. The summed E-state index contributed by atoms with van der Waals surface area (Å²) in [6.45, 7) is 3.04. The second-order valence-corrected chi connectivity index (χ2v) is 5.82. The molecule has 1 aromatic rings. The largest absolute Gasteiger partial charge is 0.325 e. The van der Waals surface area contributed by atoms with Gasteiger partial charge in [-0.05, 0) is 60.3 Å². The minimum atomic E-state index is 0.0656. The van der Waals surface area contributed by atoms with Gasteiger partial charge in [0.1, 0.15) is 4.60 Å². The molecule has 1 aromatic heterocycles. The van der Waals surface area contributed by atoms with E-state index in [4.69, 9.17) is 0 Å². The zero-order valence-corrected chi connectivity index (χ0v) is 12.8. The molecule has 0 radical (unpaired) electrons. The summed E-state index contributed by atoms with van der Waals surface area (Å²) in [7, 11) is 0. The number of aryl methyl sites for hydroxylation is 1. The summed E-state index contributed by atoms with van der Waals surface area (Å²) in [6, 6.07) is 2.43. The van der Waals surface area contributed by atoms with Gasteiger partial charge in [-0.2, -0.15) is 0 Å². The van der Waals surface area contributed by atoms with Crippen molar-refractivity contribution in [2.24, 2.45) is 0 Å². The number of carbonyl (C=O) groups excluding carboxylic acids is 1. The first kappa shape index (κ1) is 14.5. The summed E-state index contributed by atoms with van der Waals surface area (Å²) in [5, 5.41) is 6.36. The molecule has 1 aliphatic heterocycles. The molecule has 0 bridgehead atoms. The van der Waals surface area contributed by atoms with Crippen molar-refractivity contribution in [1.29, 1.82) is 0 Å². The third-order valence-electron chi connectivity index (χ3n) is 3.43. The second kappa shape index (κ2) is 7.01. The average Bonchev–Trinajstić information content (AvgIpc) is 2.42. The molecule has 2 rings (SSSR count). The van der Waals surface area contributed by atoms with Crippen LogP contribution in [0.25, 0.3) is 0 Å². The number of anilines is 1. The molecule has 0 aromatic carbocycles. The lowest BCUT2D eigenvalue weighted by Crippen LogP contribution is -2.34. The molecule has 4 nitrogen and oxygen atoms in total. The number of carbonyl (C=O) groups is 1. The normalized spacial score (nSPS) is 19.2. The Bertz CT molecular complexity index is 444. The van der Waals surface area contributed by atoms with E-state index in [0.29, 0.717) is 12.5 Å². The molecule has 0 spiro atoms. The summed E-state index contributed by atoms with van der Waals surface area (Å²) < 4.78 is 0.817. The van der Waals surface area contributed by atoms with E-state index in [1.807, 2.05) is 13.0 Å². The predicted octanol–water partition coefficient (Wildman–Crippen LogP) is 3.01. The van der Waals surface area contributed by atoms with Gasteiger partial charge in [0, 0.05) is 12.5 Å². The summed E-state index contributed by atoms with van der Waals surface area (Å²) >= 11 is 3.35. The van der Waals surface area contributed by atoms with Crippen molar-refractivity contribution in [3.63, 3.8) is 0 Å². The van der Waals surface area contributed by atoms with Gasteiger partial charge in [-0.25, -0.2) is 4.98 Å². The Labute approximate surface area is 122 Å². The Morgan fingerprint density at radius 3 is 3.11 bits per heavy atom. The van der Waals surface area contributed by atoms with E-state index >= 15 is 0 Å². The summed E-state index contributed by atoms with van der Waals surface area (Å²) in [6.07, 6.45) is 6.86. The molecule has 0 aliphatic carbocycles. The van der Waals surface area contributed by atoms with Crippen molar-refractivity contribution in [3.8, 4) is 0 Å². The zero-order chi connectivity index (χ0) is 13.7. The predicted molar refractivity (Wildman–Crippen MR) is 80.2 cm³/mol. The van der Waals surface area contributed by atoms with E-state index in [1.54, 1.807) is 6.20 Å². The summed E-state index contributed by atoms with van der Waals surface area (Å²) in [5.41, 5.74) is 1.79. The van der Waals surface area contributed by atoms with Gasteiger partial charge < -0.3 is 10.6 Å². The second-order valence-electron chi connectivity index (χ2n) is 5.07. The van der Waals surface area contributed by atoms with Gasteiger partial charge >= 0.3 is 0 Å². The van der Waals surface area contributed by atoms with Crippen LogP contribution < -0.4 is 10.6 Å². The third-order valence-corrected chi connectivity index (χ3v) is 4.26. The topological polar surface area (TPSA) is 54.0 Å². The zero-order valence-electron chi connectivity index (χ0n) is 11.2. The number of nitrogens with zero attached hydrogens (tertiary/aromatic N) is 1. The Kier molecular flexibility index (Phi) is 5.34. The Morgan fingerprint density at radius 2 is 2.42 bits per heavy atom. The quantitative estimate of drug-likeness (QED) is 0.837. The molecule has 1 unspecified atom stereocenters. The number of amides is 1. The van der Waals surface area contributed by atoms with Crippen molar-refractivity contribution in [1.82, 2.24) is 10.3 Å². The number of rotatable bonds is 4. The van der Waals surface area contributed by atoms with E-state index in [0.717, 1.165) is 28.8 Å². The van der Waals surface area contributed by atoms with Crippen molar-refractivity contribution in [3.05, 3.63) is 22.4 Å². The fraction of sp³-hybridized carbons (Fsp3) is 0.571. The standard InChI is InChI=1S/C14H20BrN3O/c1-10-8-12(9-17-14(10)15)18-13(19)6-5-11-4-2-3-7-16-11/h8-9,11,16H,2-7H2,1H3,(H,18,19). The Balaban J connectivity index is 1.78. The maximum atomic E-state index is 11.9. The highest BCUT2D eigenvalue weighted by atomic mass is 79.9. The van der Waals surface area contributed by atoms with Gasteiger partial charge in [0.15, 0.2) is 0 Å². The van der Waals surface area contributed by atoms with Crippen LogP contribution in [0, 0.1) is 6.92 Å². The molecule has 0 saturated carbocycles. The molecule has 104 valence electrons. The van der Waals surface area contributed by atoms with Gasteiger partial charge in [-0.1, -0.05) is 6.42 Å². The smallest absolute Gasteiger partial charge is 0.224 e. The van der Waals surface area contributed by atoms with Crippen LogP contribution >= 0.6 is 15.9 Å². The molecule has 1 amide bonds. The van der Waals surface area contributed by atoms with Crippen molar-refractivity contribution >= 4 is 27.5 Å². The lowest BCUT2D eigenvalue weighted by atomic mass is 10.0. The van der Waals surface area contributed by atoms with Crippen molar-refractivity contribution < 1.29 is 4.79 Å². The van der Waals surface area contributed by atoms with Crippen molar-refractivity contribution in [2.45, 2.75) is 45.1 Å². The molecule has 2 heterocycles. The average molecular weight is 326 g/mol. The number of pyridine rings is 1. The monoisotopic (exact) mass is 325 g/mol. The fourth-order valence-corrected chi connectivity index (χ4v) is 2.54. The number of piperidine rings is 1. The number of hydrogen-bond donors (Lipinski definition) is 2. The van der Waals surface area contributed by atoms with Crippen LogP contribution in [0.2, 0.25) is 0 Å². The van der Waals surface area contributed by atoms with Gasteiger partial charge in [-0.3, -0.25) is 4.79 Å². The van der Waals surface area contributed by atoms with E-state index < -0.39 is 0 Å². The van der Waals surface area contributed by atoms with E-state index in [-0.39, 0.29) is 5.91 Å². The first-order valence-electron chi connectivity index (χ1n) is 6.80. The van der Waals surface area contributed by atoms with Crippen LogP contribution in [0.5, 0.6) is 0 Å².